The highest BCUT2D eigenvalue weighted by atomic mass is 32.1. The van der Waals surface area contributed by atoms with Crippen LogP contribution in [0.1, 0.15) is 89.2 Å². The van der Waals surface area contributed by atoms with Gasteiger partial charge < -0.3 is 5.32 Å². The van der Waals surface area contributed by atoms with Crippen LogP contribution in [0, 0.1) is 6.92 Å². The van der Waals surface area contributed by atoms with Gasteiger partial charge in [0.05, 0.1) is 28.4 Å². The molecule has 6 nitrogen and oxygen atoms in total. The topological polar surface area (TPSA) is 79.4 Å². The number of nitrogens with zero attached hydrogens (tertiary/aromatic N) is 2. The molecule has 1 aliphatic heterocycles. The minimum absolute atomic E-state index is 0.0961. The van der Waals surface area contributed by atoms with Crippen molar-refractivity contribution in [2.75, 3.05) is 6.54 Å². The monoisotopic (exact) mass is 441 g/mol. The van der Waals surface area contributed by atoms with Gasteiger partial charge in [-0.15, -0.1) is 11.3 Å². The standard InChI is InChI=1S/C24H31N3O3S/c1-18-26-19(17-31-18)16-25-22(28)14-8-6-4-2-3-5-7-11-15-27-23(29)20-12-9-10-13-21(20)24(27)30/h9-10,12-13,17H,2-8,11,14-16H2,1H3,(H,25,28). The number of nitrogens with one attached hydrogen (secondary N) is 1. The molecule has 31 heavy (non-hydrogen) atoms. The van der Waals surface area contributed by atoms with E-state index in [-0.39, 0.29) is 17.7 Å². The minimum atomic E-state index is -0.161. The summed E-state index contributed by atoms with van der Waals surface area (Å²) in [5, 5.41) is 5.93. The Morgan fingerprint density at radius 2 is 1.52 bits per heavy atom. The Labute approximate surface area is 188 Å². The number of imide groups is 1. The van der Waals surface area contributed by atoms with E-state index in [1.165, 1.54) is 4.90 Å². The van der Waals surface area contributed by atoms with Crippen LogP contribution in [-0.4, -0.2) is 34.2 Å². The van der Waals surface area contributed by atoms with Crippen molar-refractivity contribution in [3.63, 3.8) is 0 Å². The van der Waals surface area contributed by atoms with Gasteiger partial charge in [-0.3, -0.25) is 19.3 Å². The van der Waals surface area contributed by atoms with Gasteiger partial charge in [0.2, 0.25) is 5.91 Å². The zero-order valence-electron chi connectivity index (χ0n) is 18.2. The Morgan fingerprint density at radius 1 is 0.935 bits per heavy atom. The minimum Gasteiger partial charge on any atom is -0.350 e. The first-order chi connectivity index (χ1) is 15.1. The van der Waals surface area contributed by atoms with E-state index in [2.05, 4.69) is 10.3 Å². The zero-order chi connectivity index (χ0) is 22.1. The van der Waals surface area contributed by atoms with E-state index in [1.807, 2.05) is 12.3 Å². The molecule has 3 rings (SSSR count). The summed E-state index contributed by atoms with van der Waals surface area (Å²) in [5.74, 6) is -0.225. The van der Waals surface area contributed by atoms with E-state index in [1.54, 1.807) is 35.6 Å². The van der Waals surface area contributed by atoms with Crippen LogP contribution in [0.3, 0.4) is 0 Å². The van der Waals surface area contributed by atoms with Crippen LogP contribution in [0.15, 0.2) is 29.6 Å². The zero-order valence-corrected chi connectivity index (χ0v) is 19.0. The third kappa shape index (κ3) is 6.72. The Kier molecular flexibility index (Phi) is 8.76. The fraction of sp³-hybridized carbons (Fsp3) is 0.500. The molecule has 2 heterocycles. The third-order valence-electron chi connectivity index (χ3n) is 5.55. The molecule has 3 amide bonds. The number of fused-ring (bicyclic) bond motifs is 1. The lowest BCUT2D eigenvalue weighted by Crippen LogP contribution is -2.30. The van der Waals surface area contributed by atoms with Crippen LogP contribution in [-0.2, 0) is 11.3 Å². The number of carbonyl (C=O) groups is 3. The molecule has 1 aliphatic rings. The molecule has 1 N–H and O–H groups in total. The fourth-order valence-corrected chi connectivity index (χ4v) is 4.44. The van der Waals surface area contributed by atoms with Gasteiger partial charge in [-0.05, 0) is 31.9 Å². The van der Waals surface area contributed by atoms with Gasteiger partial charge in [0, 0.05) is 18.3 Å². The van der Waals surface area contributed by atoms with Crippen LogP contribution in [0.4, 0.5) is 0 Å². The van der Waals surface area contributed by atoms with Crippen LogP contribution < -0.4 is 5.32 Å². The van der Waals surface area contributed by atoms with Crippen LogP contribution >= 0.6 is 11.3 Å². The smallest absolute Gasteiger partial charge is 0.261 e. The summed E-state index contributed by atoms with van der Waals surface area (Å²) in [4.78, 5) is 42.2. The number of aromatic nitrogens is 1. The molecule has 1 aromatic heterocycles. The molecule has 0 saturated carbocycles. The van der Waals surface area contributed by atoms with Gasteiger partial charge in [-0.1, -0.05) is 50.7 Å². The maximum atomic E-state index is 12.3. The molecule has 0 saturated heterocycles. The normalized spacial score (nSPS) is 13.0. The molecule has 0 radical (unpaired) electrons. The lowest BCUT2D eigenvalue weighted by atomic mass is 10.1. The van der Waals surface area contributed by atoms with Crippen molar-refractivity contribution in [2.45, 2.75) is 71.3 Å². The van der Waals surface area contributed by atoms with Crippen molar-refractivity contribution in [3.05, 3.63) is 51.5 Å². The second kappa shape index (κ2) is 11.7. The molecule has 7 heteroatoms. The van der Waals surface area contributed by atoms with Crippen LogP contribution in [0.2, 0.25) is 0 Å². The maximum absolute atomic E-state index is 12.3. The highest BCUT2D eigenvalue weighted by Crippen LogP contribution is 2.23. The number of hydrogen-bond donors (Lipinski definition) is 1. The summed E-state index contributed by atoms with van der Waals surface area (Å²) in [6.45, 7) is 2.98. The summed E-state index contributed by atoms with van der Waals surface area (Å²) in [6.07, 6.45) is 8.98. The molecule has 0 bridgehead atoms. The van der Waals surface area contributed by atoms with Crippen molar-refractivity contribution in [3.8, 4) is 0 Å². The quantitative estimate of drug-likeness (QED) is 0.355. The summed E-state index contributed by atoms with van der Waals surface area (Å²) in [6, 6.07) is 7.04. The summed E-state index contributed by atoms with van der Waals surface area (Å²) < 4.78 is 0. The Balaban J connectivity index is 1.16. The Hall–Kier alpha value is -2.54. The molecular weight excluding hydrogens is 410 g/mol. The second-order valence-electron chi connectivity index (χ2n) is 8.02. The lowest BCUT2D eigenvalue weighted by Gasteiger charge is -2.13. The highest BCUT2D eigenvalue weighted by Gasteiger charge is 2.34. The third-order valence-corrected chi connectivity index (χ3v) is 6.37. The first-order valence-electron chi connectivity index (χ1n) is 11.2. The highest BCUT2D eigenvalue weighted by molar-refractivity contribution is 7.09. The van der Waals surface area contributed by atoms with Crippen molar-refractivity contribution in [1.29, 1.82) is 0 Å². The predicted molar refractivity (Wildman–Crippen MR) is 122 cm³/mol. The Bertz CT molecular complexity index is 874. The summed E-state index contributed by atoms with van der Waals surface area (Å²) >= 11 is 1.60. The molecule has 0 spiro atoms. The van der Waals surface area contributed by atoms with Gasteiger partial charge in [0.15, 0.2) is 0 Å². The fourth-order valence-electron chi connectivity index (χ4n) is 3.83. The average molecular weight is 442 g/mol. The SMILES string of the molecule is Cc1nc(CNC(=O)CCCCCCCCCCN2C(=O)c3ccccc3C2=O)cs1. The van der Waals surface area contributed by atoms with Crippen molar-refractivity contribution in [2.24, 2.45) is 0 Å². The number of unbranched alkanes of at least 4 members (excludes halogenated alkanes) is 7. The first-order valence-corrected chi connectivity index (χ1v) is 12.1. The molecule has 1 aromatic carbocycles. The number of hydrogen-bond acceptors (Lipinski definition) is 5. The number of carbonyl (C=O) groups excluding carboxylic acids is 3. The van der Waals surface area contributed by atoms with E-state index in [9.17, 15) is 14.4 Å². The number of amides is 3. The molecule has 166 valence electrons. The van der Waals surface area contributed by atoms with E-state index in [0.717, 1.165) is 62.1 Å². The van der Waals surface area contributed by atoms with Gasteiger partial charge >= 0.3 is 0 Å². The maximum Gasteiger partial charge on any atom is 0.261 e. The van der Waals surface area contributed by atoms with Crippen molar-refractivity contribution < 1.29 is 14.4 Å². The van der Waals surface area contributed by atoms with Gasteiger partial charge in [-0.25, -0.2) is 4.98 Å². The van der Waals surface area contributed by atoms with Crippen LogP contribution in [0.25, 0.3) is 0 Å². The first kappa shape index (κ1) is 23.1. The summed E-state index contributed by atoms with van der Waals surface area (Å²) in [5.41, 5.74) is 1.98. The van der Waals surface area contributed by atoms with E-state index in [0.29, 0.717) is 30.6 Å². The molecule has 2 aromatic rings. The summed E-state index contributed by atoms with van der Waals surface area (Å²) in [7, 11) is 0. The van der Waals surface area contributed by atoms with E-state index in [4.69, 9.17) is 0 Å². The van der Waals surface area contributed by atoms with Gasteiger partial charge in [0.25, 0.3) is 11.8 Å². The van der Waals surface area contributed by atoms with Gasteiger partial charge in [-0.2, -0.15) is 0 Å². The van der Waals surface area contributed by atoms with E-state index < -0.39 is 0 Å². The molecule has 0 unspecified atom stereocenters. The van der Waals surface area contributed by atoms with E-state index >= 15 is 0 Å². The number of rotatable bonds is 13. The lowest BCUT2D eigenvalue weighted by molar-refractivity contribution is -0.121. The number of benzene rings is 1. The number of aryl methyl sites for hydroxylation is 1. The van der Waals surface area contributed by atoms with Crippen molar-refractivity contribution >= 4 is 29.1 Å². The second-order valence-corrected chi connectivity index (χ2v) is 9.08. The molecule has 0 aliphatic carbocycles. The Morgan fingerprint density at radius 3 is 2.10 bits per heavy atom. The average Bonchev–Trinajstić information content (AvgIpc) is 3.29. The van der Waals surface area contributed by atoms with Gasteiger partial charge in [0.1, 0.15) is 0 Å². The molecule has 0 atom stereocenters. The van der Waals surface area contributed by atoms with Crippen molar-refractivity contribution in [1.82, 2.24) is 15.2 Å². The number of thiazole rings is 1. The predicted octanol–water partition coefficient (Wildman–Crippen LogP) is 4.87. The van der Waals surface area contributed by atoms with Crippen LogP contribution in [0.5, 0.6) is 0 Å². The molecular formula is C24H31N3O3S. The molecule has 0 fully saturated rings. The largest absolute Gasteiger partial charge is 0.350 e.